The van der Waals surface area contributed by atoms with E-state index in [1.165, 1.54) is 4.88 Å². The van der Waals surface area contributed by atoms with Gasteiger partial charge in [-0.15, -0.1) is 22.9 Å². The largest absolute Gasteiger partial charge is 0.332 e. The molecule has 0 aliphatic heterocycles. The van der Waals surface area contributed by atoms with Crippen molar-refractivity contribution in [3.05, 3.63) is 57.8 Å². The van der Waals surface area contributed by atoms with Crippen molar-refractivity contribution in [2.45, 2.75) is 58.6 Å². The molecule has 0 saturated heterocycles. The van der Waals surface area contributed by atoms with E-state index >= 15 is 0 Å². The highest BCUT2D eigenvalue weighted by Gasteiger charge is 2.27. The molecule has 0 aliphatic rings. The van der Waals surface area contributed by atoms with Gasteiger partial charge in [0.05, 0.1) is 6.54 Å². The fourth-order valence-electron chi connectivity index (χ4n) is 2.94. The maximum Gasteiger partial charge on any atom is 0.242 e. The molecule has 0 saturated carbocycles. The summed E-state index contributed by atoms with van der Waals surface area (Å²) in [5, 5.41) is -0.649. The Balaban J connectivity index is 2.21. The van der Waals surface area contributed by atoms with Gasteiger partial charge in [0.2, 0.25) is 11.8 Å². The predicted octanol–water partition coefficient (Wildman–Crippen LogP) is 4.84. The number of alkyl halides is 1. The highest BCUT2D eigenvalue weighted by atomic mass is 35.5. The molecule has 0 aliphatic carbocycles. The summed E-state index contributed by atoms with van der Waals surface area (Å²) < 4.78 is 0. The quantitative estimate of drug-likeness (QED) is 0.544. The van der Waals surface area contributed by atoms with E-state index in [-0.39, 0.29) is 24.4 Å². The number of nitrogens with zero attached hydrogens (tertiary/aromatic N) is 2. The van der Waals surface area contributed by atoms with E-state index in [0.717, 1.165) is 16.9 Å². The van der Waals surface area contributed by atoms with Crippen LogP contribution in [0.2, 0.25) is 0 Å². The van der Waals surface area contributed by atoms with Crippen molar-refractivity contribution in [2.24, 2.45) is 0 Å². The number of thiophene rings is 1. The van der Waals surface area contributed by atoms with E-state index in [1.807, 2.05) is 49.1 Å². The van der Waals surface area contributed by atoms with Crippen LogP contribution >= 0.6 is 22.9 Å². The number of rotatable bonds is 9. The molecule has 2 aromatic rings. The fourth-order valence-corrected chi connectivity index (χ4v) is 3.97. The van der Waals surface area contributed by atoms with Crippen LogP contribution in [0.1, 0.15) is 42.5 Å². The molecule has 1 heterocycles. The average molecular weight is 421 g/mol. The molecule has 0 bridgehead atoms. The maximum atomic E-state index is 13.2. The summed E-state index contributed by atoms with van der Waals surface area (Å²) in [6.45, 7) is 8.75. The first-order chi connectivity index (χ1) is 13.3. The molecular formula is C22H29ClN2O2S. The summed E-state index contributed by atoms with van der Waals surface area (Å²) >= 11 is 7.72. The highest BCUT2D eigenvalue weighted by Crippen LogP contribution is 2.19. The van der Waals surface area contributed by atoms with E-state index in [1.54, 1.807) is 23.2 Å². The summed E-state index contributed by atoms with van der Waals surface area (Å²) in [6, 6.07) is 14.0. The monoisotopic (exact) mass is 420 g/mol. The lowest BCUT2D eigenvalue weighted by molar-refractivity contribution is -0.142. The zero-order valence-corrected chi connectivity index (χ0v) is 18.6. The molecule has 0 spiro atoms. The molecule has 152 valence electrons. The van der Waals surface area contributed by atoms with Crippen molar-refractivity contribution in [2.75, 3.05) is 6.54 Å². The van der Waals surface area contributed by atoms with E-state index in [2.05, 4.69) is 19.1 Å². The predicted molar refractivity (Wildman–Crippen MR) is 117 cm³/mol. The highest BCUT2D eigenvalue weighted by molar-refractivity contribution is 7.11. The first-order valence-electron chi connectivity index (χ1n) is 9.63. The van der Waals surface area contributed by atoms with Gasteiger partial charge in [0.25, 0.3) is 0 Å². The average Bonchev–Trinajstić information content (AvgIpc) is 3.09. The normalized spacial score (nSPS) is 13.0. The van der Waals surface area contributed by atoms with Gasteiger partial charge in [-0.3, -0.25) is 9.59 Å². The Kier molecular flexibility index (Phi) is 8.52. The van der Waals surface area contributed by atoms with Gasteiger partial charge in [0.15, 0.2) is 0 Å². The Morgan fingerprint density at radius 1 is 1.07 bits per heavy atom. The number of amides is 2. The van der Waals surface area contributed by atoms with E-state index in [9.17, 15) is 9.59 Å². The SMILES string of the molecule is CCC(C)N(CC(=O)N(Cc1ccccc1)Cc1ccc(C)s1)C(=O)C(C)Cl. The van der Waals surface area contributed by atoms with Crippen LogP contribution in [0.25, 0.3) is 0 Å². The second kappa shape index (κ2) is 10.6. The molecule has 0 radical (unpaired) electrons. The van der Waals surface area contributed by atoms with Gasteiger partial charge in [-0.2, -0.15) is 0 Å². The van der Waals surface area contributed by atoms with Crippen molar-refractivity contribution in [3.63, 3.8) is 0 Å². The standard InChI is InChI=1S/C22H29ClN2O2S/c1-5-16(2)25(22(27)18(4)23)15-21(26)24(13-19-9-7-6-8-10-19)14-20-12-11-17(3)28-20/h6-12,16,18H,5,13-15H2,1-4H3. The number of aryl methyl sites for hydroxylation is 1. The third-order valence-corrected chi connectivity index (χ3v) is 5.94. The van der Waals surface area contributed by atoms with E-state index in [4.69, 9.17) is 11.6 Å². The lowest BCUT2D eigenvalue weighted by atomic mass is 10.2. The summed E-state index contributed by atoms with van der Waals surface area (Å²) in [5.41, 5.74) is 1.07. The minimum absolute atomic E-state index is 0.0415. The van der Waals surface area contributed by atoms with E-state index in [0.29, 0.717) is 13.1 Å². The maximum absolute atomic E-state index is 13.2. The van der Waals surface area contributed by atoms with Gasteiger partial charge in [-0.05, 0) is 44.9 Å². The minimum Gasteiger partial charge on any atom is -0.332 e. The van der Waals surface area contributed by atoms with Crippen LogP contribution in [0, 0.1) is 6.92 Å². The molecule has 4 nitrogen and oxygen atoms in total. The van der Waals surface area contributed by atoms with Crippen LogP contribution in [0.15, 0.2) is 42.5 Å². The molecule has 0 fully saturated rings. The van der Waals surface area contributed by atoms with Crippen molar-refractivity contribution >= 4 is 34.8 Å². The Bertz CT molecular complexity index is 776. The third kappa shape index (κ3) is 6.35. The van der Waals surface area contributed by atoms with Crippen LogP contribution in [0.4, 0.5) is 0 Å². The molecular weight excluding hydrogens is 392 g/mol. The summed E-state index contributed by atoms with van der Waals surface area (Å²) in [4.78, 5) is 31.5. The van der Waals surface area contributed by atoms with Crippen molar-refractivity contribution < 1.29 is 9.59 Å². The lowest BCUT2D eigenvalue weighted by Gasteiger charge is -2.32. The van der Waals surface area contributed by atoms with Gasteiger partial charge in [-0.25, -0.2) is 0 Å². The summed E-state index contributed by atoms with van der Waals surface area (Å²) in [5.74, 6) is -0.267. The van der Waals surface area contributed by atoms with Gasteiger partial charge >= 0.3 is 0 Å². The first kappa shape index (κ1) is 22.4. The van der Waals surface area contributed by atoms with Crippen LogP contribution in [-0.4, -0.2) is 39.6 Å². The van der Waals surface area contributed by atoms with Crippen molar-refractivity contribution in [1.82, 2.24) is 9.80 Å². The molecule has 2 unspecified atom stereocenters. The topological polar surface area (TPSA) is 40.6 Å². The van der Waals surface area contributed by atoms with Crippen LogP contribution < -0.4 is 0 Å². The summed E-state index contributed by atoms with van der Waals surface area (Å²) in [6.07, 6.45) is 0.769. The van der Waals surface area contributed by atoms with Crippen molar-refractivity contribution in [3.8, 4) is 0 Å². The first-order valence-corrected chi connectivity index (χ1v) is 10.9. The van der Waals surface area contributed by atoms with Gasteiger partial charge < -0.3 is 9.80 Å². The van der Waals surface area contributed by atoms with Gasteiger partial charge in [-0.1, -0.05) is 37.3 Å². The Hall–Kier alpha value is -1.85. The molecule has 0 N–H and O–H groups in total. The lowest BCUT2D eigenvalue weighted by Crippen LogP contribution is -2.48. The van der Waals surface area contributed by atoms with Gasteiger partial charge in [0.1, 0.15) is 11.9 Å². The van der Waals surface area contributed by atoms with Gasteiger partial charge in [0, 0.05) is 22.3 Å². The molecule has 2 amide bonds. The minimum atomic E-state index is -0.649. The zero-order chi connectivity index (χ0) is 20.7. The number of halogens is 1. The Morgan fingerprint density at radius 3 is 2.29 bits per heavy atom. The second-order valence-corrected chi connectivity index (χ2v) is 9.11. The molecule has 28 heavy (non-hydrogen) atoms. The molecule has 2 rings (SSSR count). The Labute approximate surface area is 177 Å². The summed E-state index contributed by atoms with van der Waals surface area (Å²) in [7, 11) is 0. The zero-order valence-electron chi connectivity index (χ0n) is 17.0. The second-order valence-electron chi connectivity index (χ2n) is 7.09. The number of carbonyl (C=O) groups is 2. The Morgan fingerprint density at radius 2 is 1.75 bits per heavy atom. The number of hydrogen-bond donors (Lipinski definition) is 0. The van der Waals surface area contributed by atoms with E-state index < -0.39 is 5.38 Å². The van der Waals surface area contributed by atoms with Crippen LogP contribution in [-0.2, 0) is 22.7 Å². The molecule has 1 aromatic carbocycles. The van der Waals surface area contributed by atoms with Crippen LogP contribution in [0.5, 0.6) is 0 Å². The number of benzene rings is 1. The van der Waals surface area contributed by atoms with Crippen LogP contribution in [0.3, 0.4) is 0 Å². The number of carbonyl (C=O) groups excluding carboxylic acids is 2. The third-order valence-electron chi connectivity index (χ3n) is 4.76. The number of hydrogen-bond acceptors (Lipinski definition) is 3. The van der Waals surface area contributed by atoms with Crippen molar-refractivity contribution in [1.29, 1.82) is 0 Å². The smallest absolute Gasteiger partial charge is 0.242 e. The molecule has 1 aromatic heterocycles. The molecule has 2 atom stereocenters. The fraction of sp³-hybridized carbons (Fsp3) is 0.455. The molecule has 6 heteroatoms.